The summed E-state index contributed by atoms with van der Waals surface area (Å²) in [6, 6.07) is 10.2. The molecule has 0 aromatic heterocycles. The van der Waals surface area contributed by atoms with Gasteiger partial charge >= 0.3 is 0 Å². The first kappa shape index (κ1) is 9.90. The summed E-state index contributed by atoms with van der Waals surface area (Å²) in [5.41, 5.74) is 2.10. The Morgan fingerprint density at radius 1 is 1.40 bits per heavy atom. The van der Waals surface area contributed by atoms with Gasteiger partial charge in [-0.15, -0.1) is 0 Å². The lowest BCUT2D eigenvalue weighted by Crippen LogP contribution is -2.27. The number of carbonyl (C=O) groups excluding carboxylic acids is 1. The minimum Gasteiger partial charge on any atom is -0.273 e. The number of nitrogens with zero attached hydrogens (tertiary/aromatic N) is 2. The smallest absolute Gasteiger partial charge is 0.239 e. The molecule has 0 N–H and O–H groups in total. The molecule has 0 unspecified atom stereocenters. The molecule has 78 valence electrons. The van der Waals surface area contributed by atoms with E-state index < -0.39 is 0 Å². The molecule has 1 aromatic rings. The lowest BCUT2D eigenvalue weighted by atomic mass is 10.1. The SMILES string of the molecule is CC(=O)N1N=C(c2ccccc2)C[C@H]1C. The van der Waals surface area contributed by atoms with Crippen molar-refractivity contribution < 1.29 is 4.79 Å². The third kappa shape index (κ3) is 1.91. The number of hydrogen-bond acceptors (Lipinski definition) is 2. The maximum Gasteiger partial charge on any atom is 0.239 e. The highest BCUT2D eigenvalue weighted by Gasteiger charge is 2.25. The number of benzene rings is 1. The third-order valence-corrected chi connectivity index (χ3v) is 2.56. The van der Waals surface area contributed by atoms with Gasteiger partial charge < -0.3 is 0 Å². The Morgan fingerprint density at radius 2 is 2.07 bits per heavy atom. The van der Waals surface area contributed by atoms with Gasteiger partial charge in [-0.05, 0) is 12.5 Å². The van der Waals surface area contributed by atoms with Crippen LogP contribution in [0.3, 0.4) is 0 Å². The molecule has 1 amide bonds. The molecule has 3 heteroatoms. The minimum absolute atomic E-state index is 0.00781. The summed E-state index contributed by atoms with van der Waals surface area (Å²) >= 11 is 0. The van der Waals surface area contributed by atoms with E-state index in [9.17, 15) is 4.79 Å². The van der Waals surface area contributed by atoms with Gasteiger partial charge in [0.15, 0.2) is 0 Å². The summed E-state index contributed by atoms with van der Waals surface area (Å²) in [6.07, 6.45) is 0.837. The number of amides is 1. The van der Waals surface area contributed by atoms with Gasteiger partial charge in [-0.2, -0.15) is 5.10 Å². The Labute approximate surface area is 89.4 Å². The number of hydrogen-bond donors (Lipinski definition) is 0. The Hall–Kier alpha value is -1.64. The second-order valence-corrected chi connectivity index (χ2v) is 3.83. The van der Waals surface area contributed by atoms with Gasteiger partial charge in [0.2, 0.25) is 5.91 Å². The molecular formula is C12H14N2O. The molecule has 0 aliphatic carbocycles. The molecule has 3 nitrogen and oxygen atoms in total. The van der Waals surface area contributed by atoms with Crippen molar-refractivity contribution in [1.82, 2.24) is 5.01 Å². The van der Waals surface area contributed by atoms with Gasteiger partial charge in [0, 0.05) is 13.3 Å². The van der Waals surface area contributed by atoms with Crippen LogP contribution in [0.15, 0.2) is 35.4 Å². The van der Waals surface area contributed by atoms with Crippen molar-refractivity contribution in [2.75, 3.05) is 0 Å². The Bertz CT molecular complexity index is 397. The Balaban J connectivity index is 2.27. The first-order valence-electron chi connectivity index (χ1n) is 5.11. The normalized spacial score (nSPS) is 20.3. The van der Waals surface area contributed by atoms with Gasteiger partial charge in [0.05, 0.1) is 11.8 Å². The minimum atomic E-state index is 0.00781. The molecule has 1 aliphatic heterocycles. The van der Waals surface area contributed by atoms with Crippen LogP contribution >= 0.6 is 0 Å². The topological polar surface area (TPSA) is 32.7 Å². The van der Waals surface area contributed by atoms with Crippen molar-refractivity contribution in [2.45, 2.75) is 26.3 Å². The highest BCUT2D eigenvalue weighted by Crippen LogP contribution is 2.19. The quantitative estimate of drug-likeness (QED) is 0.685. The molecule has 0 saturated heterocycles. The average Bonchev–Trinajstić information content (AvgIpc) is 2.62. The van der Waals surface area contributed by atoms with E-state index in [2.05, 4.69) is 5.10 Å². The zero-order valence-corrected chi connectivity index (χ0v) is 8.97. The van der Waals surface area contributed by atoms with E-state index in [1.165, 1.54) is 0 Å². The van der Waals surface area contributed by atoms with Crippen molar-refractivity contribution in [3.05, 3.63) is 35.9 Å². The average molecular weight is 202 g/mol. The van der Waals surface area contributed by atoms with Crippen LogP contribution < -0.4 is 0 Å². The van der Waals surface area contributed by atoms with E-state index in [1.54, 1.807) is 11.9 Å². The molecular weight excluding hydrogens is 188 g/mol. The Kier molecular flexibility index (Phi) is 2.54. The van der Waals surface area contributed by atoms with Gasteiger partial charge in [0.1, 0.15) is 0 Å². The third-order valence-electron chi connectivity index (χ3n) is 2.56. The summed E-state index contributed by atoms with van der Waals surface area (Å²) in [6.45, 7) is 3.56. The number of hydrazone groups is 1. The fourth-order valence-corrected chi connectivity index (χ4v) is 1.82. The second-order valence-electron chi connectivity index (χ2n) is 3.83. The number of rotatable bonds is 1. The van der Waals surface area contributed by atoms with Crippen molar-refractivity contribution >= 4 is 11.6 Å². The van der Waals surface area contributed by atoms with Gasteiger partial charge in [-0.1, -0.05) is 30.3 Å². The summed E-state index contributed by atoms with van der Waals surface area (Å²) in [5.74, 6) is 0.00781. The second kappa shape index (κ2) is 3.85. The highest BCUT2D eigenvalue weighted by atomic mass is 16.2. The van der Waals surface area contributed by atoms with E-state index >= 15 is 0 Å². The van der Waals surface area contributed by atoms with Crippen LogP contribution in [0.2, 0.25) is 0 Å². The van der Waals surface area contributed by atoms with Crippen molar-refractivity contribution in [3.8, 4) is 0 Å². The lowest BCUT2D eigenvalue weighted by Gasteiger charge is -2.14. The molecule has 15 heavy (non-hydrogen) atoms. The number of carbonyl (C=O) groups is 1. The monoisotopic (exact) mass is 202 g/mol. The van der Waals surface area contributed by atoms with Gasteiger partial charge in [0.25, 0.3) is 0 Å². The lowest BCUT2D eigenvalue weighted by molar-refractivity contribution is -0.130. The van der Waals surface area contributed by atoms with E-state index in [1.807, 2.05) is 37.3 Å². The van der Waals surface area contributed by atoms with Crippen LogP contribution in [0.1, 0.15) is 25.8 Å². The van der Waals surface area contributed by atoms with Crippen molar-refractivity contribution in [2.24, 2.45) is 5.10 Å². The van der Waals surface area contributed by atoms with Crippen molar-refractivity contribution in [1.29, 1.82) is 0 Å². The standard InChI is InChI=1S/C12H14N2O/c1-9-8-12(13-14(9)10(2)15)11-6-4-3-5-7-11/h3-7,9H,8H2,1-2H3/t9-/m1/s1. The molecule has 1 atom stereocenters. The van der Waals surface area contributed by atoms with Gasteiger partial charge in [-0.25, -0.2) is 5.01 Å². The van der Waals surface area contributed by atoms with E-state index in [-0.39, 0.29) is 11.9 Å². The summed E-state index contributed by atoms with van der Waals surface area (Å²) in [5, 5.41) is 5.90. The maximum absolute atomic E-state index is 11.3. The molecule has 1 aromatic carbocycles. The fourth-order valence-electron chi connectivity index (χ4n) is 1.82. The molecule has 0 spiro atoms. The molecule has 1 aliphatic rings. The maximum atomic E-state index is 11.3. The molecule has 2 rings (SSSR count). The first-order valence-corrected chi connectivity index (χ1v) is 5.11. The van der Waals surface area contributed by atoms with Crippen LogP contribution in [0.5, 0.6) is 0 Å². The van der Waals surface area contributed by atoms with E-state index in [4.69, 9.17) is 0 Å². The zero-order chi connectivity index (χ0) is 10.8. The molecule has 0 radical (unpaired) electrons. The van der Waals surface area contributed by atoms with Crippen molar-refractivity contribution in [3.63, 3.8) is 0 Å². The van der Waals surface area contributed by atoms with E-state index in [0.29, 0.717) is 0 Å². The largest absolute Gasteiger partial charge is 0.273 e. The van der Waals surface area contributed by atoms with Gasteiger partial charge in [-0.3, -0.25) is 4.79 Å². The predicted octanol–water partition coefficient (Wildman–Crippen LogP) is 2.03. The highest BCUT2D eigenvalue weighted by molar-refractivity contribution is 6.02. The summed E-state index contributed by atoms with van der Waals surface area (Å²) < 4.78 is 0. The zero-order valence-electron chi connectivity index (χ0n) is 8.97. The molecule has 0 bridgehead atoms. The first-order chi connectivity index (χ1) is 7.18. The van der Waals surface area contributed by atoms with E-state index in [0.717, 1.165) is 17.7 Å². The Morgan fingerprint density at radius 3 is 2.60 bits per heavy atom. The fraction of sp³-hybridized carbons (Fsp3) is 0.333. The van der Waals surface area contributed by atoms with Crippen LogP contribution in [-0.2, 0) is 4.79 Å². The molecule has 0 fully saturated rings. The van der Waals surface area contributed by atoms with Crippen LogP contribution in [0.25, 0.3) is 0 Å². The van der Waals surface area contributed by atoms with Crippen LogP contribution in [0, 0.1) is 0 Å². The summed E-state index contributed by atoms with van der Waals surface area (Å²) in [7, 11) is 0. The molecule has 1 heterocycles. The summed E-state index contributed by atoms with van der Waals surface area (Å²) in [4.78, 5) is 11.3. The van der Waals surface area contributed by atoms with Crippen LogP contribution in [-0.4, -0.2) is 22.7 Å². The van der Waals surface area contributed by atoms with Crippen LogP contribution in [0.4, 0.5) is 0 Å². The molecule has 0 saturated carbocycles. The predicted molar refractivity (Wildman–Crippen MR) is 59.6 cm³/mol.